The average Bonchev–Trinajstić information content (AvgIpc) is 3.25. The fourth-order valence-electron chi connectivity index (χ4n) is 8.16. The number of ether oxygens (including phenoxy) is 1. The number of rotatable bonds is 16. The minimum atomic E-state index is -4.78. The van der Waals surface area contributed by atoms with Crippen LogP contribution < -0.4 is 21.5 Å². The third kappa shape index (κ3) is 10.0. The van der Waals surface area contributed by atoms with Crippen LogP contribution in [-0.2, 0) is 39.1 Å². The quantitative estimate of drug-likeness (QED) is 0.0602. The summed E-state index contributed by atoms with van der Waals surface area (Å²) in [5.41, 5.74) is 17.4. The van der Waals surface area contributed by atoms with Gasteiger partial charge in [0.15, 0.2) is 5.96 Å². The lowest BCUT2D eigenvalue weighted by atomic mass is 9.88. The van der Waals surface area contributed by atoms with Crippen molar-refractivity contribution in [2.24, 2.45) is 11.5 Å². The molecule has 0 radical (unpaired) electrons. The number of benzene rings is 5. The maximum atomic E-state index is 15.5. The molecule has 0 unspecified atom stereocenters. The molecule has 324 valence electrons. The largest absolute Gasteiger partial charge is 0.487 e. The van der Waals surface area contributed by atoms with Crippen LogP contribution in [0.1, 0.15) is 93.9 Å². The molecular formula is C49H56N6O6S. The number of hydrogen-bond acceptors (Lipinski definition) is 7. The Kier molecular flexibility index (Phi) is 13.9. The normalized spacial score (nSPS) is 13.6. The van der Waals surface area contributed by atoms with E-state index in [0.29, 0.717) is 58.5 Å². The second-order valence-corrected chi connectivity index (χ2v) is 18.3. The monoisotopic (exact) mass is 856 g/mol. The van der Waals surface area contributed by atoms with Crippen LogP contribution in [0.25, 0.3) is 0 Å². The van der Waals surface area contributed by atoms with Crippen molar-refractivity contribution in [1.82, 2.24) is 14.5 Å². The molecule has 0 spiro atoms. The van der Waals surface area contributed by atoms with Crippen LogP contribution in [0.3, 0.4) is 0 Å². The molecule has 6 N–H and O–H groups in total. The van der Waals surface area contributed by atoms with E-state index < -0.39 is 39.4 Å². The molecule has 3 amide bonds. The first-order valence-electron chi connectivity index (χ1n) is 20.8. The first-order valence-corrected chi connectivity index (χ1v) is 22.2. The average molecular weight is 857 g/mol. The van der Waals surface area contributed by atoms with E-state index in [2.05, 4.69) is 5.32 Å². The molecule has 1 atom stereocenters. The fraction of sp³-hybridized carbons (Fsp3) is 0.306. The van der Waals surface area contributed by atoms with Gasteiger partial charge in [0, 0.05) is 25.2 Å². The smallest absolute Gasteiger partial charge is 0.267 e. The molecule has 0 bridgehead atoms. The number of fused-ring (bicyclic) bond motifs is 1. The van der Waals surface area contributed by atoms with Gasteiger partial charge >= 0.3 is 0 Å². The summed E-state index contributed by atoms with van der Waals surface area (Å²) in [4.78, 5) is 43.1. The number of nitrogens with zero attached hydrogens (tertiary/aromatic N) is 2. The minimum absolute atomic E-state index is 0.0510. The second-order valence-electron chi connectivity index (χ2n) is 16.5. The van der Waals surface area contributed by atoms with E-state index in [-0.39, 0.29) is 42.7 Å². The number of carbonyl (C=O) groups is 3. The number of hydrogen-bond donors (Lipinski definition) is 4. The van der Waals surface area contributed by atoms with E-state index in [0.717, 1.165) is 21.0 Å². The maximum Gasteiger partial charge on any atom is 0.267 e. The zero-order chi connectivity index (χ0) is 44.8. The van der Waals surface area contributed by atoms with Gasteiger partial charge in [0.05, 0.1) is 10.8 Å². The molecule has 0 saturated carbocycles. The summed E-state index contributed by atoms with van der Waals surface area (Å²) in [6.07, 6.45) is 1.24. The second kappa shape index (κ2) is 19.1. The summed E-state index contributed by atoms with van der Waals surface area (Å²) < 4.78 is 38.1. The maximum absolute atomic E-state index is 15.5. The van der Waals surface area contributed by atoms with Crippen molar-refractivity contribution < 1.29 is 27.5 Å². The summed E-state index contributed by atoms with van der Waals surface area (Å²) in [6, 6.07) is 32.6. The molecule has 12 nitrogen and oxygen atoms in total. The van der Waals surface area contributed by atoms with Crippen molar-refractivity contribution in [3.05, 3.63) is 165 Å². The van der Waals surface area contributed by atoms with Gasteiger partial charge in [-0.2, -0.15) is 0 Å². The van der Waals surface area contributed by atoms with E-state index in [4.69, 9.17) is 21.6 Å². The highest BCUT2D eigenvalue weighted by atomic mass is 32.2. The Labute approximate surface area is 364 Å². The number of sulfonamides is 1. The van der Waals surface area contributed by atoms with Crippen molar-refractivity contribution in [2.45, 2.75) is 95.8 Å². The Morgan fingerprint density at radius 3 is 1.89 bits per heavy atom. The zero-order valence-corrected chi connectivity index (χ0v) is 36.8. The van der Waals surface area contributed by atoms with Crippen molar-refractivity contribution in [3.8, 4) is 5.75 Å². The lowest BCUT2D eigenvalue weighted by Gasteiger charge is -2.37. The Balaban J connectivity index is 1.31. The molecule has 13 heteroatoms. The summed E-state index contributed by atoms with van der Waals surface area (Å²) in [5, 5.41) is 11.3. The molecule has 1 aliphatic heterocycles. The molecule has 0 saturated heterocycles. The van der Waals surface area contributed by atoms with Crippen LogP contribution in [0, 0.1) is 26.2 Å². The first-order chi connectivity index (χ1) is 29.5. The summed E-state index contributed by atoms with van der Waals surface area (Å²) in [7, 11) is -4.78. The highest BCUT2D eigenvalue weighted by Crippen LogP contribution is 2.44. The molecule has 1 heterocycles. The third-order valence-corrected chi connectivity index (χ3v) is 13.7. The highest BCUT2D eigenvalue weighted by molar-refractivity contribution is 7.89. The highest BCUT2D eigenvalue weighted by Gasteiger charge is 2.45. The number of carbonyl (C=O) groups excluding carboxylic acids is 3. The predicted molar refractivity (Wildman–Crippen MR) is 241 cm³/mol. The van der Waals surface area contributed by atoms with Crippen molar-refractivity contribution >= 4 is 33.7 Å². The van der Waals surface area contributed by atoms with Gasteiger partial charge < -0.3 is 26.4 Å². The molecule has 6 rings (SSSR count). The number of nitrogens with one attached hydrogen (secondary N) is 2. The van der Waals surface area contributed by atoms with Crippen molar-refractivity contribution in [2.75, 3.05) is 6.54 Å². The van der Waals surface area contributed by atoms with Gasteiger partial charge in [-0.05, 0) is 117 Å². The Bertz CT molecular complexity index is 2490. The summed E-state index contributed by atoms with van der Waals surface area (Å²) in [5.74, 6) is -2.67. The molecule has 0 aliphatic carbocycles. The van der Waals surface area contributed by atoms with Gasteiger partial charge in [-0.1, -0.05) is 103 Å². The molecule has 0 fully saturated rings. The van der Waals surface area contributed by atoms with Crippen LogP contribution in [-0.4, -0.2) is 59.5 Å². The van der Waals surface area contributed by atoms with Gasteiger partial charge in [-0.25, -0.2) is 12.7 Å². The fourth-order valence-corrected chi connectivity index (χ4v) is 10.3. The number of guanidine groups is 1. The standard InChI is InChI=1S/C49H56N6O6S/c1-32-33(2)44(34(3)40-27-28-49(4,5)61-43(32)40)62(59,60)55(47(58)42(37-16-9-6-10-17-37)38-18-11-7-12-19-38)41(45(50)56)22-15-29-54(48(51)52)31-36-25-23-35(24-26-36)30-53-46(57)39-20-13-8-14-21-39/h6-14,16-21,23-26,41-42H,15,22,27-31H2,1-5H3,(H2,50,56)(H3,51,52)(H,53,57)/t41-/m1/s1. The van der Waals surface area contributed by atoms with Crippen molar-refractivity contribution in [1.29, 1.82) is 5.41 Å². The van der Waals surface area contributed by atoms with E-state index in [9.17, 15) is 9.59 Å². The molecule has 0 aromatic heterocycles. The summed E-state index contributed by atoms with van der Waals surface area (Å²) in [6.45, 7) is 9.95. The van der Waals surface area contributed by atoms with Crippen molar-refractivity contribution in [3.63, 3.8) is 0 Å². The van der Waals surface area contributed by atoms with Crippen LogP contribution in [0.15, 0.2) is 120 Å². The zero-order valence-electron chi connectivity index (χ0n) is 36.0. The third-order valence-electron chi connectivity index (χ3n) is 11.7. The molecule has 5 aromatic rings. The topological polar surface area (TPSA) is 189 Å². The van der Waals surface area contributed by atoms with Gasteiger partial charge in [-0.15, -0.1) is 0 Å². The van der Waals surface area contributed by atoms with Gasteiger partial charge in [0.1, 0.15) is 17.4 Å². The van der Waals surface area contributed by atoms with Gasteiger partial charge in [-0.3, -0.25) is 19.8 Å². The van der Waals surface area contributed by atoms with E-state index in [1.807, 2.05) is 63.2 Å². The lowest BCUT2D eigenvalue weighted by Crippen LogP contribution is -2.53. The Hall–Kier alpha value is -6.47. The summed E-state index contributed by atoms with van der Waals surface area (Å²) >= 11 is 0. The molecule has 1 aliphatic rings. The van der Waals surface area contributed by atoms with Crippen LogP contribution in [0.4, 0.5) is 0 Å². The van der Waals surface area contributed by atoms with Gasteiger partial charge in [0.25, 0.3) is 15.9 Å². The van der Waals surface area contributed by atoms with Crippen LogP contribution in [0.2, 0.25) is 0 Å². The van der Waals surface area contributed by atoms with E-state index in [1.54, 1.807) is 91.5 Å². The van der Waals surface area contributed by atoms with E-state index in [1.165, 1.54) is 0 Å². The molecule has 62 heavy (non-hydrogen) atoms. The van der Waals surface area contributed by atoms with Crippen LogP contribution >= 0.6 is 0 Å². The Morgan fingerprint density at radius 2 is 1.34 bits per heavy atom. The number of amides is 3. The molecular weight excluding hydrogens is 801 g/mol. The van der Waals surface area contributed by atoms with Crippen LogP contribution in [0.5, 0.6) is 5.75 Å². The predicted octanol–water partition coefficient (Wildman–Crippen LogP) is 7.02. The number of primary amides is 1. The lowest BCUT2D eigenvalue weighted by molar-refractivity contribution is -0.134. The SMILES string of the molecule is Cc1c(C)c(S(=O)(=O)N(C(=O)C(c2ccccc2)c2ccccc2)[C@H](CCCN(Cc2ccc(CNC(=O)c3ccccc3)cc2)C(=N)N)C(N)=O)c(C)c2c1OC(C)(C)CC2. The van der Waals surface area contributed by atoms with Gasteiger partial charge in [0.2, 0.25) is 11.8 Å². The molecule has 5 aromatic carbocycles. The number of nitrogens with two attached hydrogens (primary N) is 2. The Morgan fingerprint density at radius 1 is 0.790 bits per heavy atom. The first kappa shape index (κ1) is 45.1. The van der Waals surface area contributed by atoms with E-state index >= 15 is 13.2 Å². The minimum Gasteiger partial charge on any atom is -0.487 e.